The van der Waals surface area contributed by atoms with Crippen LogP contribution in [0.4, 0.5) is 0 Å². The van der Waals surface area contributed by atoms with Crippen molar-refractivity contribution in [3.63, 3.8) is 0 Å². The van der Waals surface area contributed by atoms with Crippen molar-refractivity contribution in [2.24, 2.45) is 0 Å². The number of hydrogen-bond acceptors (Lipinski definition) is 4. The van der Waals surface area contributed by atoms with Gasteiger partial charge in [0.1, 0.15) is 0 Å². The summed E-state index contributed by atoms with van der Waals surface area (Å²) in [5.41, 5.74) is 0. The molecule has 0 aromatic heterocycles. The molecule has 0 amide bonds. The molecule has 0 aliphatic carbocycles. The summed E-state index contributed by atoms with van der Waals surface area (Å²) < 4.78 is 19.8. The molecular formula is C16H32O4W. The Labute approximate surface area is 144 Å². The summed E-state index contributed by atoms with van der Waals surface area (Å²) in [6.45, 7) is 8.00. The van der Waals surface area contributed by atoms with E-state index in [1.54, 1.807) is 0 Å². The summed E-state index contributed by atoms with van der Waals surface area (Å²) in [5.74, 6) is 0. The van der Waals surface area contributed by atoms with E-state index in [0.717, 1.165) is 52.9 Å². The van der Waals surface area contributed by atoms with E-state index in [2.05, 4.69) is 0 Å². The van der Waals surface area contributed by atoms with E-state index in [0.29, 0.717) is 0 Å². The Hall–Kier alpha value is 0.528. The van der Waals surface area contributed by atoms with Gasteiger partial charge in [-0.25, -0.2) is 0 Å². The largest absolute Gasteiger partial charge is 0.381 e. The van der Waals surface area contributed by atoms with Crippen molar-refractivity contribution in [3.8, 4) is 0 Å². The number of ether oxygens (including phenoxy) is 4. The molecule has 0 aromatic rings. The van der Waals surface area contributed by atoms with Crippen molar-refractivity contribution in [2.75, 3.05) is 52.9 Å². The maximum atomic E-state index is 4.94. The molecule has 21 heavy (non-hydrogen) atoms. The standard InChI is InChI=1S/4C4H8O.W/c4*1-2-4-5-3-1;/h4*1-4H2;. The van der Waals surface area contributed by atoms with Crippen LogP contribution < -0.4 is 0 Å². The van der Waals surface area contributed by atoms with Crippen LogP contribution in [0.2, 0.25) is 0 Å². The van der Waals surface area contributed by atoms with Gasteiger partial charge < -0.3 is 18.9 Å². The maximum Gasteiger partial charge on any atom is 0.0466 e. The Bertz CT molecular complexity index is 107. The minimum atomic E-state index is 0. The van der Waals surface area contributed by atoms with Gasteiger partial charge in [-0.2, -0.15) is 0 Å². The second-order valence-corrected chi connectivity index (χ2v) is 5.28. The van der Waals surface area contributed by atoms with Gasteiger partial charge in [0, 0.05) is 73.9 Å². The third-order valence-electron chi connectivity index (χ3n) is 3.31. The van der Waals surface area contributed by atoms with Crippen LogP contribution in [-0.4, -0.2) is 52.9 Å². The van der Waals surface area contributed by atoms with Gasteiger partial charge in [0.15, 0.2) is 0 Å². The summed E-state index contributed by atoms with van der Waals surface area (Å²) in [6, 6.07) is 0. The number of hydrogen-bond donors (Lipinski definition) is 0. The molecule has 4 saturated heterocycles. The molecule has 0 spiro atoms. The average Bonchev–Trinajstić information content (AvgIpc) is 3.40. The Morgan fingerprint density at radius 2 is 0.429 bits per heavy atom. The van der Waals surface area contributed by atoms with Crippen LogP contribution in [0.1, 0.15) is 51.4 Å². The zero-order valence-corrected chi connectivity index (χ0v) is 16.3. The van der Waals surface area contributed by atoms with Gasteiger partial charge in [-0.15, -0.1) is 0 Å². The van der Waals surface area contributed by atoms with Crippen molar-refractivity contribution < 1.29 is 40.0 Å². The molecule has 4 rings (SSSR count). The Morgan fingerprint density at radius 1 is 0.286 bits per heavy atom. The first-order valence-electron chi connectivity index (χ1n) is 8.31. The monoisotopic (exact) mass is 472 g/mol. The molecule has 4 heterocycles. The summed E-state index contributed by atoms with van der Waals surface area (Å²) >= 11 is 0. The van der Waals surface area contributed by atoms with Crippen LogP contribution in [0, 0.1) is 0 Å². The maximum absolute atomic E-state index is 4.94. The second kappa shape index (κ2) is 18.6. The van der Waals surface area contributed by atoms with Gasteiger partial charge >= 0.3 is 0 Å². The van der Waals surface area contributed by atoms with Gasteiger partial charge in [-0.3, -0.25) is 0 Å². The Kier molecular flexibility index (Phi) is 19.0. The predicted molar refractivity (Wildman–Crippen MR) is 80.2 cm³/mol. The molecule has 4 aliphatic heterocycles. The van der Waals surface area contributed by atoms with Crippen LogP contribution in [0.3, 0.4) is 0 Å². The van der Waals surface area contributed by atoms with Crippen LogP contribution >= 0.6 is 0 Å². The molecule has 0 atom stereocenters. The van der Waals surface area contributed by atoms with Gasteiger partial charge in [0.2, 0.25) is 0 Å². The molecule has 0 aromatic carbocycles. The summed E-state index contributed by atoms with van der Waals surface area (Å²) in [6.07, 6.45) is 10.2. The molecule has 4 aliphatic rings. The zero-order chi connectivity index (χ0) is 14.1. The minimum absolute atomic E-state index is 0. The van der Waals surface area contributed by atoms with Gasteiger partial charge in [-0.05, 0) is 51.4 Å². The summed E-state index contributed by atoms with van der Waals surface area (Å²) in [4.78, 5) is 0. The van der Waals surface area contributed by atoms with Crippen LogP contribution in [0.15, 0.2) is 0 Å². The van der Waals surface area contributed by atoms with Crippen molar-refractivity contribution in [3.05, 3.63) is 0 Å². The molecule has 5 heteroatoms. The second-order valence-electron chi connectivity index (χ2n) is 5.28. The van der Waals surface area contributed by atoms with E-state index in [-0.39, 0.29) is 21.1 Å². The predicted octanol–water partition coefficient (Wildman–Crippen LogP) is 3.18. The fourth-order valence-corrected chi connectivity index (χ4v) is 2.04. The molecule has 126 valence electrons. The van der Waals surface area contributed by atoms with E-state index >= 15 is 0 Å². The van der Waals surface area contributed by atoms with Crippen molar-refractivity contribution in [1.82, 2.24) is 0 Å². The number of rotatable bonds is 0. The summed E-state index contributed by atoms with van der Waals surface area (Å²) in [7, 11) is 0. The molecule has 4 fully saturated rings. The van der Waals surface area contributed by atoms with Gasteiger partial charge in [0.25, 0.3) is 0 Å². The fraction of sp³-hybridized carbons (Fsp3) is 1.00. The van der Waals surface area contributed by atoms with Crippen molar-refractivity contribution in [2.45, 2.75) is 51.4 Å². The van der Waals surface area contributed by atoms with Crippen LogP contribution in [0.25, 0.3) is 0 Å². The molecule has 0 unspecified atom stereocenters. The fourth-order valence-electron chi connectivity index (χ4n) is 2.04. The first kappa shape index (κ1) is 21.5. The third-order valence-corrected chi connectivity index (χ3v) is 3.31. The molecule has 0 radical (unpaired) electrons. The molecule has 4 nitrogen and oxygen atoms in total. The molecule has 0 bridgehead atoms. The molecule has 0 saturated carbocycles. The van der Waals surface area contributed by atoms with E-state index in [1.807, 2.05) is 0 Å². The normalized spacial score (nSPS) is 22.9. The third kappa shape index (κ3) is 16.7. The first-order valence-corrected chi connectivity index (χ1v) is 8.31. The SMILES string of the molecule is C1CCOC1.C1CCOC1.C1CCOC1.C1CCOC1.[W]. The van der Waals surface area contributed by atoms with E-state index in [4.69, 9.17) is 18.9 Å². The zero-order valence-electron chi connectivity index (χ0n) is 13.4. The van der Waals surface area contributed by atoms with Gasteiger partial charge in [0.05, 0.1) is 0 Å². The first-order chi connectivity index (χ1) is 10.0. The molecule has 0 N–H and O–H groups in total. The minimum Gasteiger partial charge on any atom is -0.381 e. The smallest absolute Gasteiger partial charge is 0.0466 e. The topological polar surface area (TPSA) is 36.9 Å². The Balaban J connectivity index is 0.000000250. The summed E-state index contributed by atoms with van der Waals surface area (Å²) in [5, 5.41) is 0. The van der Waals surface area contributed by atoms with E-state index in [9.17, 15) is 0 Å². The van der Waals surface area contributed by atoms with Crippen LogP contribution in [0.5, 0.6) is 0 Å². The van der Waals surface area contributed by atoms with E-state index < -0.39 is 0 Å². The van der Waals surface area contributed by atoms with E-state index in [1.165, 1.54) is 51.4 Å². The van der Waals surface area contributed by atoms with Crippen LogP contribution in [-0.2, 0) is 40.0 Å². The average molecular weight is 472 g/mol. The molecular weight excluding hydrogens is 440 g/mol. The quantitative estimate of drug-likeness (QED) is 0.543. The van der Waals surface area contributed by atoms with Gasteiger partial charge in [-0.1, -0.05) is 0 Å². The van der Waals surface area contributed by atoms with Crippen molar-refractivity contribution >= 4 is 0 Å². The van der Waals surface area contributed by atoms with Crippen molar-refractivity contribution in [1.29, 1.82) is 0 Å². The Morgan fingerprint density at radius 3 is 0.476 bits per heavy atom.